The molecule has 1 N–H and O–H groups in total. The molecule has 0 spiro atoms. The van der Waals surface area contributed by atoms with Crippen LogP contribution in [-0.2, 0) is 9.59 Å². The average molecular weight is 640 g/mol. The fourth-order valence-electron chi connectivity index (χ4n) is 2.06. The van der Waals surface area contributed by atoms with E-state index in [1.807, 2.05) is 45.2 Å². The second-order valence-corrected chi connectivity index (χ2v) is 8.23. The Morgan fingerprint density at radius 3 is 1.87 bits per heavy atom. The van der Waals surface area contributed by atoms with Gasteiger partial charge in [-0.05, 0) is 94.6 Å². The molecular weight excluding hydrogens is 624 g/mol. The first-order valence-electron chi connectivity index (χ1n) is 8.39. The van der Waals surface area contributed by atoms with Gasteiger partial charge in [-0.2, -0.15) is 0 Å². The van der Waals surface area contributed by atoms with Gasteiger partial charge in [0.25, 0.3) is 0 Å². The van der Waals surface area contributed by atoms with E-state index in [0.717, 1.165) is 18.2 Å². The minimum atomic E-state index is -1.21. The van der Waals surface area contributed by atoms with E-state index in [0.29, 0.717) is 12.7 Å². The third kappa shape index (κ3) is 9.20. The summed E-state index contributed by atoms with van der Waals surface area (Å²) in [5.41, 5.74) is 0.518. The van der Waals surface area contributed by atoms with Crippen LogP contribution in [0.25, 0.3) is 0 Å². The van der Waals surface area contributed by atoms with Gasteiger partial charge in [-0.3, -0.25) is 9.59 Å². The van der Waals surface area contributed by atoms with E-state index in [4.69, 9.17) is 5.11 Å². The number of hydrogen-bond acceptors (Lipinski definition) is 4. The van der Waals surface area contributed by atoms with E-state index in [1.165, 1.54) is 31.2 Å². The number of hydrogen-bond donors (Lipinski definition) is 1. The zero-order chi connectivity index (χ0) is 22.8. The van der Waals surface area contributed by atoms with Crippen LogP contribution >= 0.6 is 45.2 Å². The Labute approximate surface area is 198 Å². The summed E-state index contributed by atoms with van der Waals surface area (Å²) in [6.45, 7) is 1.43. The number of ketones is 3. The monoisotopic (exact) mass is 640 g/mol. The third-order valence-electron chi connectivity index (χ3n) is 3.50. The highest BCUT2D eigenvalue weighted by Crippen LogP contribution is 2.17. The summed E-state index contributed by atoms with van der Waals surface area (Å²) in [4.78, 5) is 43.9. The van der Waals surface area contributed by atoms with E-state index < -0.39 is 23.4 Å². The molecule has 0 radical (unpaired) electrons. The van der Waals surface area contributed by atoms with Crippen LogP contribution in [0, 0.1) is 18.8 Å². The van der Waals surface area contributed by atoms with E-state index >= 15 is 0 Å². The highest BCUT2D eigenvalue weighted by molar-refractivity contribution is 14.1. The SMILES string of the molecule is CC(=O)CCC(=O)c1cc(F)ccc1I.O=C(O)/C=C/C(=O)c1cc(F)ccc1I. The number of Topliss-reactive ketones (excluding diaryl/α,β-unsaturated/α-hetero) is 2. The van der Waals surface area contributed by atoms with Crippen LogP contribution in [0.4, 0.5) is 8.78 Å². The van der Waals surface area contributed by atoms with Crippen LogP contribution in [0.15, 0.2) is 48.6 Å². The Morgan fingerprint density at radius 1 is 0.867 bits per heavy atom. The lowest BCUT2D eigenvalue weighted by Gasteiger charge is -2.02. The topological polar surface area (TPSA) is 88.5 Å². The Hall–Kier alpha value is -2.02. The van der Waals surface area contributed by atoms with Gasteiger partial charge >= 0.3 is 5.97 Å². The van der Waals surface area contributed by atoms with Gasteiger partial charge in [-0.25, -0.2) is 13.6 Å². The van der Waals surface area contributed by atoms with Crippen LogP contribution < -0.4 is 0 Å². The summed E-state index contributed by atoms with van der Waals surface area (Å²) < 4.78 is 27.0. The smallest absolute Gasteiger partial charge is 0.328 e. The van der Waals surface area contributed by atoms with Crippen molar-refractivity contribution in [2.75, 3.05) is 0 Å². The molecule has 0 aromatic heterocycles. The van der Waals surface area contributed by atoms with Gasteiger partial charge in [0, 0.05) is 37.2 Å². The van der Waals surface area contributed by atoms with Crippen molar-refractivity contribution >= 4 is 68.5 Å². The first-order valence-corrected chi connectivity index (χ1v) is 10.5. The maximum absolute atomic E-state index is 12.9. The van der Waals surface area contributed by atoms with Gasteiger partial charge in [0.2, 0.25) is 0 Å². The third-order valence-corrected chi connectivity index (χ3v) is 5.39. The molecule has 9 heteroatoms. The Balaban J connectivity index is 0.000000300. The molecule has 2 aromatic rings. The lowest BCUT2D eigenvalue weighted by Crippen LogP contribution is -2.04. The molecule has 0 fully saturated rings. The van der Waals surface area contributed by atoms with Gasteiger partial charge in [0.1, 0.15) is 17.4 Å². The second kappa shape index (κ2) is 12.6. The number of rotatable bonds is 7. The minimum absolute atomic E-state index is 0.0326. The molecule has 0 saturated heterocycles. The maximum Gasteiger partial charge on any atom is 0.328 e. The van der Waals surface area contributed by atoms with E-state index in [-0.39, 0.29) is 30.0 Å². The molecule has 0 atom stereocenters. The minimum Gasteiger partial charge on any atom is -0.478 e. The summed E-state index contributed by atoms with van der Waals surface area (Å²) in [7, 11) is 0. The number of carboxylic acid groups (broad SMARTS) is 1. The van der Waals surface area contributed by atoms with Crippen molar-refractivity contribution in [3.05, 3.63) is 78.5 Å². The molecule has 30 heavy (non-hydrogen) atoms. The van der Waals surface area contributed by atoms with E-state index in [2.05, 4.69) is 0 Å². The molecule has 2 aromatic carbocycles. The van der Waals surface area contributed by atoms with Crippen molar-refractivity contribution in [2.24, 2.45) is 0 Å². The normalized spacial score (nSPS) is 10.3. The van der Waals surface area contributed by atoms with Crippen molar-refractivity contribution in [1.82, 2.24) is 0 Å². The summed E-state index contributed by atoms with van der Waals surface area (Å²) >= 11 is 3.86. The molecule has 158 valence electrons. The highest BCUT2D eigenvalue weighted by atomic mass is 127. The molecule has 0 heterocycles. The van der Waals surface area contributed by atoms with Gasteiger partial charge in [0.15, 0.2) is 11.6 Å². The summed E-state index contributed by atoms with van der Waals surface area (Å²) in [5.74, 6) is -2.91. The molecule has 0 unspecified atom stereocenters. The maximum atomic E-state index is 12.9. The number of allylic oxidation sites excluding steroid dienone is 1. The highest BCUT2D eigenvalue weighted by Gasteiger charge is 2.11. The number of aliphatic carboxylic acids is 1. The molecule has 2 rings (SSSR count). The number of carboxylic acids is 1. The quantitative estimate of drug-likeness (QED) is 0.255. The van der Waals surface area contributed by atoms with Crippen molar-refractivity contribution in [3.8, 4) is 0 Å². The van der Waals surface area contributed by atoms with E-state index in [9.17, 15) is 28.0 Å². The Morgan fingerprint density at radius 2 is 1.37 bits per heavy atom. The number of carbonyl (C=O) groups is 4. The summed E-state index contributed by atoms with van der Waals surface area (Å²) in [5, 5.41) is 8.32. The van der Waals surface area contributed by atoms with Gasteiger partial charge in [-0.1, -0.05) is 0 Å². The van der Waals surface area contributed by atoms with Crippen molar-refractivity contribution in [3.63, 3.8) is 0 Å². The Kier molecular flexibility index (Phi) is 10.9. The van der Waals surface area contributed by atoms with Crippen LogP contribution in [0.3, 0.4) is 0 Å². The number of carbonyl (C=O) groups excluding carboxylic acids is 3. The summed E-state index contributed by atoms with van der Waals surface area (Å²) in [6, 6.07) is 7.85. The lowest BCUT2D eigenvalue weighted by atomic mass is 10.1. The predicted molar refractivity (Wildman–Crippen MR) is 124 cm³/mol. The zero-order valence-corrected chi connectivity index (χ0v) is 19.9. The van der Waals surface area contributed by atoms with Crippen LogP contribution in [-0.4, -0.2) is 28.4 Å². The van der Waals surface area contributed by atoms with Crippen LogP contribution in [0.1, 0.15) is 40.5 Å². The molecule has 0 bridgehead atoms. The molecule has 5 nitrogen and oxygen atoms in total. The molecular formula is C21H16F2I2O5. The lowest BCUT2D eigenvalue weighted by molar-refractivity contribution is -0.131. The Bertz CT molecular complexity index is 1000. The van der Waals surface area contributed by atoms with Crippen molar-refractivity contribution in [1.29, 1.82) is 0 Å². The first kappa shape index (κ1) is 26.0. The molecule has 0 aliphatic heterocycles. The fraction of sp³-hybridized carbons (Fsp3) is 0.143. The van der Waals surface area contributed by atoms with Crippen LogP contribution in [0.2, 0.25) is 0 Å². The van der Waals surface area contributed by atoms with Gasteiger partial charge in [-0.15, -0.1) is 0 Å². The molecule has 0 aliphatic rings. The molecule has 0 aliphatic carbocycles. The molecule has 0 amide bonds. The van der Waals surface area contributed by atoms with Crippen molar-refractivity contribution in [2.45, 2.75) is 19.8 Å². The second-order valence-electron chi connectivity index (χ2n) is 5.91. The summed E-state index contributed by atoms with van der Waals surface area (Å²) in [6.07, 6.45) is 1.99. The van der Waals surface area contributed by atoms with Gasteiger partial charge < -0.3 is 9.90 Å². The largest absolute Gasteiger partial charge is 0.478 e. The number of benzene rings is 2. The fourth-order valence-corrected chi connectivity index (χ4v) is 3.30. The standard InChI is InChI=1S/C11H10FIO2.C10H6FIO3/c1-7(14)2-5-11(15)9-6-8(12)3-4-10(9)13;11-6-1-2-8(12)7(5-6)9(13)3-4-10(14)15/h3-4,6H,2,5H2,1H3;1-5H,(H,14,15)/b;4-3+. The predicted octanol–water partition coefficient (Wildman–Crippen LogP) is 5.24. The zero-order valence-electron chi connectivity index (χ0n) is 15.6. The molecule has 0 saturated carbocycles. The van der Waals surface area contributed by atoms with E-state index in [1.54, 1.807) is 6.07 Å². The van der Waals surface area contributed by atoms with Crippen molar-refractivity contribution < 1.29 is 33.1 Å². The van der Waals surface area contributed by atoms with Crippen LogP contribution in [0.5, 0.6) is 0 Å². The average Bonchev–Trinajstić information content (AvgIpc) is 2.68. The van der Waals surface area contributed by atoms with Gasteiger partial charge in [0.05, 0.1) is 0 Å². The first-order chi connectivity index (χ1) is 14.0. The number of halogens is 4.